The summed E-state index contributed by atoms with van der Waals surface area (Å²) in [6.45, 7) is 2.92. The van der Waals surface area contributed by atoms with Crippen LogP contribution < -0.4 is 10.6 Å². The quantitative estimate of drug-likeness (QED) is 0.908. The Kier molecular flexibility index (Phi) is 3.94. The number of pyridine rings is 1. The highest BCUT2D eigenvalue weighted by molar-refractivity contribution is 5.51. The van der Waals surface area contributed by atoms with Gasteiger partial charge in [-0.05, 0) is 57.3 Å². The fourth-order valence-corrected chi connectivity index (χ4v) is 3.59. The van der Waals surface area contributed by atoms with Crippen LogP contribution in [-0.4, -0.2) is 43.1 Å². The molecule has 4 heteroatoms. The molecule has 2 N–H and O–H groups in total. The molecule has 20 heavy (non-hydrogen) atoms. The molecule has 0 saturated carbocycles. The molecule has 1 aliphatic carbocycles. The van der Waals surface area contributed by atoms with Crippen molar-refractivity contribution in [3.63, 3.8) is 0 Å². The van der Waals surface area contributed by atoms with Crippen LogP contribution in [0.2, 0.25) is 0 Å². The van der Waals surface area contributed by atoms with Crippen LogP contribution in [0.1, 0.15) is 36.1 Å². The summed E-state index contributed by atoms with van der Waals surface area (Å²) in [6.07, 6.45) is 6.07. The minimum atomic E-state index is 0.561. The average molecular weight is 274 g/mol. The Hall–Kier alpha value is -1.13. The summed E-state index contributed by atoms with van der Waals surface area (Å²) >= 11 is 0. The van der Waals surface area contributed by atoms with Crippen molar-refractivity contribution >= 4 is 5.82 Å². The molecule has 1 aromatic heterocycles. The van der Waals surface area contributed by atoms with Crippen molar-refractivity contribution in [2.75, 3.05) is 32.1 Å². The number of rotatable bonds is 3. The molecule has 2 aliphatic rings. The zero-order valence-electron chi connectivity index (χ0n) is 12.7. The van der Waals surface area contributed by atoms with Crippen LogP contribution in [-0.2, 0) is 19.4 Å². The van der Waals surface area contributed by atoms with Gasteiger partial charge in [-0.15, -0.1) is 0 Å². The van der Waals surface area contributed by atoms with Crippen molar-refractivity contribution in [1.29, 1.82) is 0 Å². The molecule has 1 atom stereocenters. The summed E-state index contributed by atoms with van der Waals surface area (Å²) in [5, 5.41) is 0. The molecule has 0 radical (unpaired) electrons. The molecule has 0 bridgehead atoms. The molecule has 0 amide bonds. The first-order valence-electron chi connectivity index (χ1n) is 7.82. The third-order valence-electron chi connectivity index (χ3n) is 4.81. The SMILES string of the molecule is CN1CCCC(N(C)c2nc3c(cc2CN)CCC3)C1. The number of nitrogens with zero attached hydrogens (tertiary/aromatic N) is 3. The Morgan fingerprint density at radius 2 is 2.25 bits per heavy atom. The lowest BCUT2D eigenvalue weighted by atomic mass is 10.0. The highest BCUT2D eigenvalue weighted by atomic mass is 15.2. The van der Waals surface area contributed by atoms with E-state index in [4.69, 9.17) is 10.7 Å². The fourth-order valence-electron chi connectivity index (χ4n) is 3.59. The van der Waals surface area contributed by atoms with E-state index < -0.39 is 0 Å². The summed E-state index contributed by atoms with van der Waals surface area (Å²) in [7, 11) is 4.40. The topological polar surface area (TPSA) is 45.4 Å². The van der Waals surface area contributed by atoms with E-state index in [9.17, 15) is 0 Å². The van der Waals surface area contributed by atoms with Crippen LogP contribution in [0.3, 0.4) is 0 Å². The van der Waals surface area contributed by atoms with Crippen LogP contribution in [0.15, 0.2) is 6.07 Å². The Balaban J connectivity index is 1.88. The predicted molar refractivity (Wildman–Crippen MR) is 83.1 cm³/mol. The van der Waals surface area contributed by atoms with Gasteiger partial charge in [0.25, 0.3) is 0 Å². The first-order chi connectivity index (χ1) is 9.69. The Morgan fingerprint density at radius 3 is 3.00 bits per heavy atom. The summed E-state index contributed by atoms with van der Waals surface area (Å²) < 4.78 is 0. The number of anilines is 1. The second-order valence-electron chi connectivity index (χ2n) is 6.30. The lowest BCUT2D eigenvalue weighted by molar-refractivity contribution is 0.247. The van der Waals surface area contributed by atoms with Crippen molar-refractivity contribution in [3.8, 4) is 0 Å². The van der Waals surface area contributed by atoms with Gasteiger partial charge in [-0.2, -0.15) is 0 Å². The van der Waals surface area contributed by atoms with Gasteiger partial charge in [-0.25, -0.2) is 4.98 Å². The highest BCUT2D eigenvalue weighted by Gasteiger charge is 2.25. The first-order valence-corrected chi connectivity index (χ1v) is 7.82. The zero-order valence-corrected chi connectivity index (χ0v) is 12.7. The van der Waals surface area contributed by atoms with Gasteiger partial charge in [-0.1, -0.05) is 0 Å². The van der Waals surface area contributed by atoms with Crippen molar-refractivity contribution in [1.82, 2.24) is 9.88 Å². The van der Waals surface area contributed by atoms with E-state index in [2.05, 4.69) is 30.0 Å². The third kappa shape index (κ3) is 2.54. The standard InChI is InChI=1S/C16H26N4/c1-19-8-4-6-14(11-19)20(2)16-13(10-17)9-12-5-3-7-15(12)18-16/h9,14H,3-8,10-11,17H2,1-2H3. The van der Waals surface area contributed by atoms with Crippen LogP contribution in [0, 0.1) is 0 Å². The summed E-state index contributed by atoms with van der Waals surface area (Å²) in [4.78, 5) is 9.74. The van der Waals surface area contributed by atoms with E-state index in [0.29, 0.717) is 12.6 Å². The molecule has 3 rings (SSSR count). The molecule has 110 valence electrons. The van der Waals surface area contributed by atoms with Crippen molar-refractivity contribution in [3.05, 3.63) is 22.9 Å². The largest absolute Gasteiger partial charge is 0.355 e. The van der Waals surface area contributed by atoms with Crippen LogP contribution >= 0.6 is 0 Å². The number of hydrogen-bond acceptors (Lipinski definition) is 4. The van der Waals surface area contributed by atoms with Gasteiger partial charge >= 0.3 is 0 Å². The number of nitrogens with two attached hydrogens (primary N) is 1. The van der Waals surface area contributed by atoms with E-state index in [1.54, 1.807) is 0 Å². The predicted octanol–water partition coefficient (Wildman–Crippen LogP) is 1.56. The fraction of sp³-hybridized carbons (Fsp3) is 0.688. The van der Waals surface area contributed by atoms with Crippen molar-refractivity contribution < 1.29 is 0 Å². The Labute approximate surface area is 122 Å². The molecule has 1 unspecified atom stereocenters. The summed E-state index contributed by atoms with van der Waals surface area (Å²) in [5.41, 5.74) is 9.89. The number of hydrogen-bond donors (Lipinski definition) is 1. The normalized spacial score (nSPS) is 22.9. The van der Waals surface area contributed by atoms with E-state index in [1.807, 2.05) is 0 Å². The zero-order chi connectivity index (χ0) is 14.1. The van der Waals surface area contributed by atoms with Crippen molar-refractivity contribution in [2.45, 2.75) is 44.7 Å². The third-order valence-corrected chi connectivity index (χ3v) is 4.81. The second kappa shape index (κ2) is 5.70. The van der Waals surface area contributed by atoms with Crippen LogP contribution in [0.25, 0.3) is 0 Å². The molecule has 0 spiro atoms. The number of aromatic nitrogens is 1. The minimum absolute atomic E-state index is 0.561. The maximum Gasteiger partial charge on any atom is 0.133 e. The molecule has 0 aromatic carbocycles. The van der Waals surface area contributed by atoms with E-state index in [-0.39, 0.29) is 0 Å². The van der Waals surface area contributed by atoms with Gasteiger partial charge in [0.1, 0.15) is 5.82 Å². The molecule has 1 aromatic rings. The summed E-state index contributed by atoms with van der Waals surface area (Å²) in [5.74, 6) is 1.12. The van der Waals surface area contributed by atoms with Gasteiger partial charge in [-0.3, -0.25) is 0 Å². The number of fused-ring (bicyclic) bond motifs is 1. The molecule has 1 fully saturated rings. The molecular weight excluding hydrogens is 248 g/mol. The smallest absolute Gasteiger partial charge is 0.133 e. The van der Waals surface area contributed by atoms with Crippen LogP contribution in [0.5, 0.6) is 0 Å². The Morgan fingerprint density at radius 1 is 1.40 bits per heavy atom. The molecule has 4 nitrogen and oxygen atoms in total. The highest BCUT2D eigenvalue weighted by Crippen LogP contribution is 2.29. The van der Waals surface area contributed by atoms with E-state index in [0.717, 1.165) is 18.8 Å². The minimum Gasteiger partial charge on any atom is -0.355 e. The molecule has 2 heterocycles. The molecular formula is C16H26N4. The number of piperidine rings is 1. The van der Waals surface area contributed by atoms with E-state index >= 15 is 0 Å². The van der Waals surface area contributed by atoms with Crippen molar-refractivity contribution in [2.24, 2.45) is 5.73 Å². The lowest BCUT2D eigenvalue weighted by Gasteiger charge is -2.37. The maximum atomic E-state index is 5.96. The molecule has 1 saturated heterocycles. The number of likely N-dealkylation sites (tertiary alicyclic amines) is 1. The van der Waals surface area contributed by atoms with Gasteiger partial charge in [0.2, 0.25) is 0 Å². The monoisotopic (exact) mass is 274 g/mol. The number of aryl methyl sites for hydroxylation is 2. The van der Waals surface area contributed by atoms with Crippen LogP contribution in [0.4, 0.5) is 5.82 Å². The summed E-state index contributed by atoms with van der Waals surface area (Å²) in [6, 6.07) is 2.86. The average Bonchev–Trinajstić information content (AvgIpc) is 2.92. The van der Waals surface area contributed by atoms with Gasteiger partial charge in [0.05, 0.1) is 0 Å². The van der Waals surface area contributed by atoms with E-state index in [1.165, 1.54) is 49.0 Å². The lowest BCUT2D eigenvalue weighted by Crippen LogP contribution is -2.45. The Bertz CT molecular complexity index is 486. The number of likely N-dealkylation sites (N-methyl/N-ethyl adjacent to an activating group) is 2. The van der Waals surface area contributed by atoms with Gasteiger partial charge < -0.3 is 15.5 Å². The first kappa shape index (κ1) is 13.8. The maximum absolute atomic E-state index is 5.96. The second-order valence-corrected chi connectivity index (χ2v) is 6.30. The molecule has 1 aliphatic heterocycles. The van der Waals surface area contributed by atoms with Gasteiger partial charge in [0, 0.05) is 37.4 Å². The van der Waals surface area contributed by atoms with Gasteiger partial charge in [0.15, 0.2) is 0 Å².